The lowest BCUT2D eigenvalue weighted by Crippen LogP contribution is -2.36. The fraction of sp³-hybridized carbons (Fsp3) is 0.226. The zero-order valence-electron chi connectivity index (χ0n) is 22.1. The summed E-state index contributed by atoms with van der Waals surface area (Å²) < 4.78 is 34.3. The maximum absolute atomic E-state index is 13.0. The van der Waals surface area contributed by atoms with Crippen LogP contribution in [0.4, 0.5) is 0 Å². The highest BCUT2D eigenvalue weighted by atomic mass is 32.2. The molecule has 1 aliphatic rings. The van der Waals surface area contributed by atoms with E-state index in [1.807, 2.05) is 43.3 Å². The van der Waals surface area contributed by atoms with Crippen LogP contribution >= 0.6 is 0 Å². The number of pyridine rings is 1. The zero-order chi connectivity index (χ0) is 28.1. The van der Waals surface area contributed by atoms with Crippen molar-refractivity contribution in [1.82, 2.24) is 15.0 Å². The molecule has 1 aliphatic heterocycles. The van der Waals surface area contributed by atoms with Crippen LogP contribution < -0.4 is 14.8 Å². The van der Waals surface area contributed by atoms with Gasteiger partial charge in [0.1, 0.15) is 11.9 Å². The van der Waals surface area contributed by atoms with Crippen LogP contribution in [0.25, 0.3) is 11.1 Å². The van der Waals surface area contributed by atoms with Gasteiger partial charge in [0.2, 0.25) is 0 Å². The minimum atomic E-state index is -4.06. The van der Waals surface area contributed by atoms with Crippen LogP contribution in [-0.4, -0.2) is 43.6 Å². The van der Waals surface area contributed by atoms with Gasteiger partial charge in [0.15, 0.2) is 0 Å². The highest BCUT2D eigenvalue weighted by Gasteiger charge is 2.22. The van der Waals surface area contributed by atoms with Gasteiger partial charge in [-0.1, -0.05) is 42.0 Å². The van der Waals surface area contributed by atoms with Gasteiger partial charge in [0.05, 0.1) is 11.0 Å². The van der Waals surface area contributed by atoms with Crippen LogP contribution in [0.15, 0.2) is 96.2 Å². The number of nitrogens with zero attached hydrogens (tertiary/aromatic N) is 1. The molecule has 0 bridgehead atoms. The molecule has 0 radical (unpaired) electrons. The Bertz CT molecular complexity index is 1610. The maximum Gasteiger partial charge on any atom is 0.265 e. The van der Waals surface area contributed by atoms with Crippen molar-refractivity contribution in [2.75, 3.05) is 13.1 Å². The van der Waals surface area contributed by atoms with Crippen molar-refractivity contribution in [1.29, 1.82) is 0 Å². The lowest BCUT2D eigenvalue weighted by atomic mass is 9.97. The summed E-state index contributed by atoms with van der Waals surface area (Å²) in [5.41, 5.74) is 4.55. The van der Waals surface area contributed by atoms with E-state index in [0.717, 1.165) is 46.4 Å². The molecule has 1 aromatic heterocycles. The molecule has 5 rings (SSSR count). The van der Waals surface area contributed by atoms with Gasteiger partial charge in [-0.25, -0.2) is 13.1 Å². The summed E-state index contributed by atoms with van der Waals surface area (Å²) in [4.78, 5) is 16.6. The summed E-state index contributed by atoms with van der Waals surface area (Å²) in [5, 5.41) is 13.6. The Morgan fingerprint density at radius 3 is 2.67 bits per heavy atom. The second kappa shape index (κ2) is 12.0. The average molecular weight is 558 g/mol. The Hall–Kier alpha value is -4.05. The van der Waals surface area contributed by atoms with E-state index in [4.69, 9.17) is 4.74 Å². The third-order valence-corrected chi connectivity index (χ3v) is 8.18. The van der Waals surface area contributed by atoms with Gasteiger partial charge in [-0.3, -0.25) is 9.78 Å². The van der Waals surface area contributed by atoms with Gasteiger partial charge in [0, 0.05) is 36.6 Å². The first-order chi connectivity index (χ1) is 19.3. The number of aliphatic hydroxyl groups excluding tert-OH is 1. The molecule has 0 unspecified atom stereocenters. The van der Waals surface area contributed by atoms with Crippen molar-refractivity contribution >= 4 is 15.9 Å². The first kappa shape index (κ1) is 27.5. The van der Waals surface area contributed by atoms with Gasteiger partial charge >= 0.3 is 0 Å². The number of benzene rings is 3. The molecule has 2 heterocycles. The van der Waals surface area contributed by atoms with E-state index < -0.39 is 22.0 Å². The largest absolute Gasteiger partial charge is 0.489 e. The first-order valence-corrected chi connectivity index (χ1v) is 14.6. The lowest BCUT2D eigenvalue weighted by molar-refractivity contribution is 0.0981. The first-order valence-electron chi connectivity index (χ1n) is 13.1. The fourth-order valence-corrected chi connectivity index (χ4v) is 5.73. The third kappa shape index (κ3) is 6.56. The number of fused-ring (bicyclic) bond motifs is 1. The van der Waals surface area contributed by atoms with E-state index in [-0.39, 0.29) is 16.6 Å². The highest BCUT2D eigenvalue weighted by molar-refractivity contribution is 7.90. The van der Waals surface area contributed by atoms with E-state index in [2.05, 4.69) is 15.0 Å². The number of hydrogen-bond donors (Lipinski definition) is 3. The van der Waals surface area contributed by atoms with Crippen LogP contribution in [0.1, 0.15) is 39.6 Å². The quantitative estimate of drug-likeness (QED) is 0.282. The van der Waals surface area contributed by atoms with Gasteiger partial charge in [-0.2, -0.15) is 0 Å². The highest BCUT2D eigenvalue weighted by Crippen LogP contribution is 2.32. The molecule has 206 valence electrons. The van der Waals surface area contributed by atoms with Crippen molar-refractivity contribution in [3.8, 4) is 16.9 Å². The van der Waals surface area contributed by atoms with Crippen LogP contribution in [-0.2, 0) is 16.4 Å². The third-order valence-electron chi connectivity index (χ3n) is 6.85. The normalized spacial score (nSPS) is 15.5. The molecule has 3 N–H and O–H groups in total. The van der Waals surface area contributed by atoms with Crippen molar-refractivity contribution in [2.45, 2.75) is 36.9 Å². The zero-order valence-corrected chi connectivity index (χ0v) is 22.9. The van der Waals surface area contributed by atoms with Gasteiger partial charge < -0.3 is 15.2 Å². The summed E-state index contributed by atoms with van der Waals surface area (Å²) in [7, 11) is -4.06. The Balaban J connectivity index is 1.22. The van der Waals surface area contributed by atoms with E-state index in [9.17, 15) is 18.3 Å². The number of rotatable bonds is 9. The van der Waals surface area contributed by atoms with Crippen molar-refractivity contribution < 1.29 is 23.1 Å². The smallest absolute Gasteiger partial charge is 0.265 e. The molecule has 40 heavy (non-hydrogen) atoms. The predicted molar refractivity (Wildman–Crippen MR) is 153 cm³/mol. The van der Waals surface area contributed by atoms with Crippen molar-refractivity contribution in [3.05, 3.63) is 114 Å². The monoisotopic (exact) mass is 557 g/mol. The Morgan fingerprint density at radius 1 is 1.05 bits per heavy atom. The number of nitrogens with one attached hydrogen (secondary N) is 2. The topological polar surface area (TPSA) is 118 Å². The van der Waals surface area contributed by atoms with Crippen molar-refractivity contribution in [2.24, 2.45) is 0 Å². The number of aromatic nitrogens is 1. The second-order valence-corrected chi connectivity index (χ2v) is 11.6. The van der Waals surface area contributed by atoms with Crippen LogP contribution in [0.5, 0.6) is 5.75 Å². The Kier molecular flexibility index (Phi) is 8.25. The molecule has 0 saturated heterocycles. The Morgan fingerprint density at radius 2 is 1.88 bits per heavy atom. The number of amides is 1. The van der Waals surface area contributed by atoms with E-state index in [0.29, 0.717) is 13.1 Å². The molecule has 0 saturated carbocycles. The second-order valence-electron chi connectivity index (χ2n) is 9.89. The van der Waals surface area contributed by atoms with E-state index >= 15 is 0 Å². The molecule has 1 amide bonds. The number of aryl methyl sites for hydroxylation is 2. The summed E-state index contributed by atoms with van der Waals surface area (Å²) >= 11 is 0. The van der Waals surface area contributed by atoms with Gasteiger partial charge in [0.25, 0.3) is 15.9 Å². The number of carbonyl (C=O) groups is 1. The van der Waals surface area contributed by atoms with Crippen molar-refractivity contribution in [3.63, 3.8) is 0 Å². The van der Waals surface area contributed by atoms with Gasteiger partial charge in [-0.05, 0) is 78.9 Å². The predicted octanol–water partition coefficient (Wildman–Crippen LogP) is 4.19. The number of carbonyl (C=O) groups excluding carboxylic acids is 1. The number of ether oxygens (including phenoxy) is 1. The summed E-state index contributed by atoms with van der Waals surface area (Å²) in [6, 6.07) is 22.8. The number of sulfonamides is 1. The molecule has 3 aromatic carbocycles. The van der Waals surface area contributed by atoms with Crippen LogP contribution in [0, 0.1) is 6.92 Å². The Labute approximate surface area is 234 Å². The minimum Gasteiger partial charge on any atom is -0.489 e. The van der Waals surface area contributed by atoms with Crippen LogP contribution in [0.2, 0.25) is 0 Å². The minimum absolute atomic E-state index is 0.0135. The molecule has 0 aliphatic carbocycles. The van der Waals surface area contributed by atoms with E-state index in [1.54, 1.807) is 48.8 Å². The molecule has 9 heteroatoms. The van der Waals surface area contributed by atoms with Gasteiger partial charge in [-0.15, -0.1) is 0 Å². The number of aliphatic hydroxyl groups is 1. The maximum atomic E-state index is 13.0. The molecule has 2 atom stereocenters. The molecule has 0 fully saturated rings. The molecular weight excluding hydrogens is 526 g/mol. The number of hydrogen-bond acceptors (Lipinski definition) is 7. The molecule has 0 spiro atoms. The molecule has 4 aromatic rings. The fourth-order valence-electron chi connectivity index (χ4n) is 4.71. The molecular formula is C31H31N3O5S. The average Bonchev–Trinajstić information content (AvgIpc) is 2.97. The summed E-state index contributed by atoms with van der Waals surface area (Å²) in [5.74, 6) is 0.125. The van der Waals surface area contributed by atoms with E-state index in [1.165, 1.54) is 6.07 Å². The summed E-state index contributed by atoms with van der Waals surface area (Å²) in [6.45, 7) is 2.85. The summed E-state index contributed by atoms with van der Waals surface area (Å²) in [6.07, 6.45) is 4.29. The van der Waals surface area contributed by atoms with Crippen LogP contribution in [0.3, 0.4) is 0 Å². The molecule has 8 nitrogen and oxygen atoms in total. The standard InChI is InChI=1S/C31H31N3O5S/c1-21-5-2-7-25(15-21)31(36)34-40(37,38)28-9-3-6-22(17-28)23-11-13-30-24(16-23)10-12-27(39-30)19-33-20-29(35)26-8-4-14-32-18-26/h2-9,11,13-18,27,29,33,35H,10,12,19-20H2,1H3,(H,34,36)/t27-,29+/m1/s1. The lowest BCUT2D eigenvalue weighted by Gasteiger charge is -2.27. The SMILES string of the molecule is Cc1cccc(C(=O)NS(=O)(=O)c2cccc(-c3ccc4c(c3)CC[C@H](CNC[C@H](O)c3cccnc3)O4)c2)c1.